The Morgan fingerprint density at radius 3 is 2.36 bits per heavy atom. The predicted molar refractivity (Wildman–Crippen MR) is 87.3 cm³/mol. The van der Waals surface area contributed by atoms with E-state index in [1.54, 1.807) is 6.08 Å². The van der Waals surface area contributed by atoms with Gasteiger partial charge in [-0.15, -0.1) is 0 Å². The summed E-state index contributed by atoms with van der Waals surface area (Å²) in [5, 5.41) is 0. The monoisotopic (exact) mass is 296 g/mol. The van der Waals surface area contributed by atoms with Crippen molar-refractivity contribution in [2.45, 2.75) is 13.5 Å². The lowest BCUT2D eigenvalue weighted by Crippen LogP contribution is -2.11. The van der Waals surface area contributed by atoms with Gasteiger partial charge >= 0.3 is 5.97 Å². The minimum atomic E-state index is -0.367. The lowest BCUT2D eigenvalue weighted by molar-refractivity contribution is -0.136. The van der Waals surface area contributed by atoms with Crippen molar-refractivity contribution in [3.8, 4) is 0 Å². The Balaban J connectivity index is 2.03. The van der Waals surface area contributed by atoms with Crippen molar-refractivity contribution in [2.24, 2.45) is 0 Å². The number of hydrogen-bond donors (Lipinski definition) is 0. The van der Waals surface area contributed by atoms with Crippen LogP contribution in [0, 0.1) is 6.92 Å². The fraction of sp³-hybridized carbons (Fsp3) is 0.211. The molecular weight excluding hydrogens is 276 g/mol. The van der Waals surface area contributed by atoms with Gasteiger partial charge in [-0.25, -0.2) is 4.79 Å². The van der Waals surface area contributed by atoms with Crippen LogP contribution < -0.4 is 0 Å². The molecule has 0 heterocycles. The number of methoxy groups -OCH3 is 1. The van der Waals surface area contributed by atoms with Crippen LogP contribution in [0.1, 0.15) is 16.7 Å². The lowest BCUT2D eigenvalue weighted by Gasteiger charge is -2.08. The molecule has 0 atom stereocenters. The van der Waals surface area contributed by atoms with Crippen molar-refractivity contribution in [3.05, 3.63) is 76.9 Å². The van der Waals surface area contributed by atoms with Crippen LogP contribution in [0.4, 0.5) is 0 Å². The molecule has 0 aliphatic rings. The molecule has 3 nitrogen and oxygen atoms in total. The van der Waals surface area contributed by atoms with Gasteiger partial charge in [0.05, 0.1) is 25.9 Å². The second kappa shape index (κ2) is 8.15. The van der Waals surface area contributed by atoms with Crippen molar-refractivity contribution in [2.75, 3.05) is 13.7 Å². The number of carbonyl (C=O) groups is 1. The fourth-order valence-electron chi connectivity index (χ4n) is 2.01. The van der Waals surface area contributed by atoms with Crippen LogP contribution in [-0.4, -0.2) is 19.7 Å². The topological polar surface area (TPSA) is 35.5 Å². The van der Waals surface area contributed by atoms with Gasteiger partial charge in [0.2, 0.25) is 0 Å². The van der Waals surface area contributed by atoms with Crippen LogP contribution in [0.2, 0.25) is 0 Å². The number of aryl methyl sites for hydroxylation is 1. The minimum absolute atomic E-state index is 0.218. The van der Waals surface area contributed by atoms with E-state index in [0.29, 0.717) is 12.2 Å². The van der Waals surface area contributed by atoms with Crippen LogP contribution in [0.15, 0.2) is 60.2 Å². The molecule has 0 aliphatic carbocycles. The largest absolute Gasteiger partial charge is 0.466 e. The zero-order chi connectivity index (χ0) is 15.8. The summed E-state index contributed by atoms with van der Waals surface area (Å²) in [5.41, 5.74) is 3.70. The number of carbonyl (C=O) groups excluding carboxylic acids is 1. The van der Waals surface area contributed by atoms with Crippen molar-refractivity contribution in [3.63, 3.8) is 0 Å². The Kier molecular flexibility index (Phi) is 5.92. The van der Waals surface area contributed by atoms with E-state index < -0.39 is 0 Å². The number of esters is 1. The van der Waals surface area contributed by atoms with Crippen LogP contribution in [0.3, 0.4) is 0 Å². The molecule has 114 valence electrons. The summed E-state index contributed by atoms with van der Waals surface area (Å²) in [5.74, 6) is -0.367. The molecule has 0 bridgehead atoms. The van der Waals surface area contributed by atoms with Crippen molar-refractivity contribution >= 4 is 12.0 Å². The summed E-state index contributed by atoms with van der Waals surface area (Å²) >= 11 is 0. The number of rotatable bonds is 6. The van der Waals surface area contributed by atoms with E-state index in [9.17, 15) is 4.79 Å². The van der Waals surface area contributed by atoms with Gasteiger partial charge in [0.15, 0.2) is 0 Å². The van der Waals surface area contributed by atoms with Gasteiger partial charge < -0.3 is 9.47 Å². The van der Waals surface area contributed by atoms with Crippen LogP contribution in [0.5, 0.6) is 0 Å². The normalized spacial score (nSPS) is 11.3. The molecule has 3 heteroatoms. The Labute approximate surface area is 131 Å². The van der Waals surface area contributed by atoms with Gasteiger partial charge in [0.1, 0.15) is 0 Å². The Hall–Kier alpha value is -2.39. The Bertz CT molecular complexity index is 627. The highest BCUT2D eigenvalue weighted by atomic mass is 16.5. The molecule has 2 aromatic carbocycles. The average molecular weight is 296 g/mol. The molecule has 2 rings (SSSR count). The Morgan fingerprint density at radius 2 is 1.73 bits per heavy atom. The van der Waals surface area contributed by atoms with Gasteiger partial charge in [0, 0.05) is 0 Å². The maximum absolute atomic E-state index is 11.9. The van der Waals surface area contributed by atoms with Gasteiger partial charge in [-0.1, -0.05) is 60.2 Å². The molecule has 0 N–H and O–H groups in total. The first-order chi connectivity index (χ1) is 10.7. The van der Waals surface area contributed by atoms with E-state index in [1.807, 2.05) is 61.5 Å². The molecule has 0 saturated carbocycles. The summed E-state index contributed by atoms with van der Waals surface area (Å²) in [6.07, 6.45) is 1.80. The molecule has 0 aromatic heterocycles. The number of benzene rings is 2. The summed E-state index contributed by atoms with van der Waals surface area (Å²) in [6, 6.07) is 17.8. The quantitative estimate of drug-likeness (QED) is 0.601. The number of ether oxygens (including phenoxy) is 2. The first-order valence-corrected chi connectivity index (χ1v) is 7.16. The predicted octanol–water partition coefficient (Wildman–Crippen LogP) is 3.77. The molecule has 0 saturated heterocycles. The zero-order valence-corrected chi connectivity index (χ0v) is 12.9. The molecular formula is C19H20O3. The van der Waals surface area contributed by atoms with E-state index in [2.05, 4.69) is 0 Å². The van der Waals surface area contributed by atoms with Crippen LogP contribution in [-0.2, 0) is 20.9 Å². The summed E-state index contributed by atoms with van der Waals surface area (Å²) in [7, 11) is 1.38. The Morgan fingerprint density at radius 1 is 1.05 bits per heavy atom. The molecule has 22 heavy (non-hydrogen) atoms. The third kappa shape index (κ3) is 4.86. The lowest BCUT2D eigenvalue weighted by atomic mass is 10.1. The molecule has 0 spiro atoms. The molecule has 0 amide bonds. The zero-order valence-electron chi connectivity index (χ0n) is 12.9. The highest BCUT2D eigenvalue weighted by Crippen LogP contribution is 2.11. The van der Waals surface area contributed by atoms with Crippen molar-refractivity contribution in [1.29, 1.82) is 0 Å². The van der Waals surface area contributed by atoms with E-state index in [0.717, 1.165) is 11.1 Å². The molecule has 0 unspecified atom stereocenters. The third-order valence-corrected chi connectivity index (χ3v) is 3.23. The van der Waals surface area contributed by atoms with Crippen LogP contribution in [0.25, 0.3) is 6.08 Å². The molecule has 0 radical (unpaired) electrons. The summed E-state index contributed by atoms with van der Waals surface area (Å²) < 4.78 is 10.5. The summed E-state index contributed by atoms with van der Waals surface area (Å²) in [4.78, 5) is 11.9. The highest BCUT2D eigenvalue weighted by molar-refractivity contribution is 5.93. The van der Waals surface area contributed by atoms with Crippen molar-refractivity contribution in [1.82, 2.24) is 0 Å². The maximum atomic E-state index is 11.9. The van der Waals surface area contributed by atoms with E-state index in [4.69, 9.17) is 9.47 Å². The SMILES string of the molecule is COC(=O)/C(=C/c1ccc(C)cc1)COCc1ccccc1. The first-order valence-electron chi connectivity index (χ1n) is 7.16. The fourth-order valence-corrected chi connectivity index (χ4v) is 2.01. The molecule has 2 aromatic rings. The second-order valence-electron chi connectivity index (χ2n) is 5.05. The average Bonchev–Trinajstić information content (AvgIpc) is 2.56. The van der Waals surface area contributed by atoms with E-state index in [-0.39, 0.29) is 12.6 Å². The van der Waals surface area contributed by atoms with Gasteiger partial charge in [-0.3, -0.25) is 0 Å². The maximum Gasteiger partial charge on any atom is 0.336 e. The molecule has 0 fully saturated rings. The van der Waals surface area contributed by atoms with Gasteiger partial charge in [-0.05, 0) is 24.1 Å². The van der Waals surface area contributed by atoms with E-state index in [1.165, 1.54) is 12.7 Å². The standard InChI is InChI=1S/C19H20O3/c1-15-8-10-16(11-9-15)12-18(19(20)21-2)14-22-13-17-6-4-3-5-7-17/h3-12H,13-14H2,1-2H3/b18-12+. The van der Waals surface area contributed by atoms with E-state index >= 15 is 0 Å². The minimum Gasteiger partial charge on any atom is -0.466 e. The summed E-state index contributed by atoms with van der Waals surface area (Å²) in [6.45, 7) is 2.70. The third-order valence-electron chi connectivity index (χ3n) is 3.23. The van der Waals surface area contributed by atoms with Gasteiger partial charge in [-0.2, -0.15) is 0 Å². The number of hydrogen-bond acceptors (Lipinski definition) is 3. The van der Waals surface area contributed by atoms with Crippen LogP contribution >= 0.6 is 0 Å². The van der Waals surface area contributed by atoms with Crippen molar-refractivity contribution < 1.29 is 14.3 Å². The second-order valence-corrected chi connectivity index (χ2v) is 5.05. The smallest absolute Gasteiger partial charge is 0.336 e. The highest BCUT2D eigenvalue weighted by Gasteiger charge is 2.10. The first kappa shape index (κ1) is 16.0. The molecule has 0 aliphatic heterocycles. The van der Waals surface area contributed by atoms with Gasteiger partial charge in [0.25, 0.3) is 0 Å².